The highest BCUT2D eigenvalue weighted by Crippen LogP contribution is 2.35. The fourth-order valence-electron chi connectivity index (χ4n) is 3.47. The van der Waals surface area contributed by atoms with Gasteiger partial charge in [0.15, 0.2) is 11.4 Å². The largest absolute Gasteiger partial charge is 0.488 e. The number of nitrogens with zero attached hydrogens (tertiary/aromatic N) is 1. The van der Waals surface area contributed by atoms with Crippen LogP contribution in [-0.2, 0) is 17.1 Å². The number of aromatic nitrogens is 1. The number of rotatable bonds is 2. The van der Waals surface area contributed by atoms with Crippen LogP contribution in [0.15, 0.2) is 29.3 Å². The van der Waals surface area contributed by atoms with Crippen molar-refractivity contribution in [2.45, 2.75) is 16.9 Å². The average molecular weight is 429 g/mol. The van der Waals surface area contributed by atoms with Gasteiger partial charge in [-0.1, -0.05) is 11.6 Å². The van der Waals surface area contributed by atoms with E-state index in [0.717, 1.165) is 6.07 Å². The summed E-state index contributed by atoms with van der Waals surface area (Å²) in [6.07, 6.45) is 1.92. The van der Waals surface area contributed by atoms with E-state index in [0.29, 0.717) is 19.5 Å². The van der Waals surface area contributed by atoms with E-state index in [1.165, 1.54) is 22.9 Å². The first-order chi connectivity index (χ1) is 13.2. The van der Waals surface area contributed by atoms with Crippen LogP contribution in [0.1, 0.15) is 16.9 Å². The van der Waals surface area contributed by atoms with Gasteiger partial charge in [0.1, 0.15) is 17.3 Å². The molecule has 0 bridgehead atoms. The van der Waals surface area contributed by atoms with Crippen molar-refractivity contribution >= 4 is 33.2 Å². The summed E-state index contributed by atoms with van der Waals surface area (Å²) in [5.74, 6) is -1.21. The fourth-order valence-corrected chi connectivity index (χ4v) is 5.26. The summed E-state index contributed by atoms with van der Waals surface area (Å²) >= 11 is 5.75. The van der Waals surface area contributed by atoms with Gasteiger partial charge >= 0.3 is 0 Å². The van der Waals surface area contributed by atoms with Gasteiger partial charge in [-0.2, -0.15) is 0 Å². The Morgan fingerprint density at radius 3 is 2.89 bits per heavy atom. The normalized spacial score (nSPS) is 23.1. The summed E-state index contributed by atoms with van der Waals surface area (Å²) < 4.78 is 49.0. The number of fused-ring (bicyclic) bond motifs is 1. The van der Waals surface area contributed by atoms with E-state index < -0.39 is 27.3 Å². The lowest BCUT2D eigenvalue weighted by atomic mass is 10.0. The minimum Gasteiger partial charge on any atom is -0.488 e. The molecular weight excluding hydrogens is 411 g/mol. The molecule has 2 aliphatic rings. The third-order valence-electron chi connectivity index (χ3n) is 4.87. The van der Waals surface area contributed by atoms with Gasteiger partial charge in [-0.05, 0) is 31.2 Å². The summed E-state index contributed by atoms with van der Waals surface area (Å²) in [4.78, 5) is 12.7. The van der Waals surface area contributed by atoms with E-state index in [4.69, 9.17) is 16.3 Å². The van der Waals surface area contributed by atoms with Crippen molar-refractivity contribution in [2.24, 2.45) is 7.05 Å². The quantitative estimate of drug-likeness (QED) is 0.672. The molecule has 11 heteroatoms. The molecule has 2 aromatic rings. The zero-order valence-electron chi connectivity index (χ0n) is 14.9. The number of ether oxygens (including phenoxy) is 1. The molecule has 0 saturated carbocycles. The van der Waals surface area contributed by atoms with E-state index in [1.807, 2.05) is 0 Å². The summed E-state index contributed by atoms with van der Waals surface area (Å²) in [6.45, 7) is 1.21. The maximum absolute atomic E-state index is 13.3. The second kappa shape index (κ2) is 6.73. The number of halogens is 2. The number of amides is 1. The maximum atomic E-state index is 13.3. The average Bonchev–Trinajstić information content (AvgIpc) is 3.18. The molecular formula is C17H18ClFN4O4S. The van der Waals surface area contributed by atoms with Gasteiger partial charge in [0.2, 0.25) is 10.0 Å². The molecule has 4 rings (SSSR count). The van der Waals surface area contributed by atoms with Gasteiger partial charge < -0.3 is 19.9 Å². The predicted octanol–water partition coefficient (Wildman–Crippen LogP) is 1.47. The first kappa shape index (κ1) is 19.2. The van der Waals surface area contributed by atoms with Crippen molar-refractivity contribution in [3.63, 3.8) is 0 Å². The molecule has 1 spiro atoms. The lowest BCUT2D eigenvalue weighted by Crippen LogP contribution is -2.52. The predicted molar refractivity (Wildman–Crippen MR) is 101 cm³/mol. The van der Waals surface area contributed by atoms with Gasteiger partial charge in [0.25, 0.3) is 5.91 Å². The number of sulfonamides is 1. The van der Waals surface area contributed by atoms with Crippen molar-refractivity contribution in [2.75, 3.05) is 25.0 Å². The molecule has 1 saturated heterocycles. The summed E-state index contributed by atoms with van der Waals surface area (Å²) in [5, 5.41) is 5.58. The number of carbonyl (C=O) groups excluding carboxylic acids is 1. The van der Waals surface area contributed by atoms with E-state index in [1.54, 1.807) is 7.05 Å². The molecule has 0 unspecified atom stereocenters. The lowest BCUT2D eigenvalue weighted by Gasteiger charge is -2.26. The van der Waals surface area contributed by atoms with Crippen molar-refractivity contribution in [1.82, 2.24) is 14.6 Å². The Balaban J connectivity index is 1.69. The van der Waals surface area contributed by atoms with Crippen LogP contribution in [0.5, 0.6) is 5.75 Å². The molecule has 150 valence electrons. The molecule has 1 aromatic carbocycles. The number of benzene rings is 1. The molecule has 3 heterocycles. The maximum Gasteiger partial charge on any atom is 0.276 e. The Hall–Kier alpha value is -2.14. The molecule has 3 N–H and O–H groups in total. The fraction of sp³-hybridized carbons (Fsp3) is 0.353. The third-order valence-corrected chi connectivity index (χ3v) is 6.73. The molecule has 0 aliphatic carbocycles. The molecule has 1 amide bonds. The SMILES string of the molecule is Cn1cc2c(c1C(=O)Nc1ccc(F)c(Cl)c1)OC[C@@]1(CCNC1)NS2(=O)=O. The van der Waals surface area contributed by atoms with Crippen LogP contribution in [0.4, 0.5) is 10.1 Å². The van der Waals surface area contributed by atoms with Crippen molar-refractivity contribution < 1.29 is 22.3 Å². The number of aryl methyl sites for hydroxylation is 1. The van der Waals surface area contributed by atoms with Crippen molar-refractivity contribution in [3.05, 3.63) is 40.9 Å². The Morgan fingerprint density at radius 2 is 2.21 bits per heavy atom. The molecule has 0 radical (unpaired) electrons. The third kappa shape index (κ3) is 3.26. The van der Waals surface area contributed by atoms with Crippen LogP contribution in [0.25, 0.3) is 0 Å². The smallest absolute Gasteiger partial charge is 0.276 e. The first-order valence-corrected chi connectivity index (χ1v) is 10.4. The molecule has 1 atom stereocenters. The monoisotopic (exact) mass is 428 g/mol. The van der Waals surface area contributed by atoms with Gasteiger partial charge in [-0.25, -0.2) is 17.5 Å². The van der Waals surface area contributed by atoms with E-state index >= 15 is 0 Å². The first-order valence-electron chi connectivity index (χ1n) is 8.54. The minimum absolute atomic E-state index is 0.00974. The number of hydrogen-bond donors (Lipinski definition) is 3. The van der Waals surface area contributed by atoms with Crippen LogP contribution in [0, 0.1) is 5.82 Å². The van der Waals surface area contributed by atoms with Gasteiger partial charge in [-0.3, -0.25) is 4.79 Å². The highest BCUT2D eigenvalue weighted by Gasteiger charge is 2.44. The van der Waals surface area contributed by atoms with Crippen LogP contribution in [0.2, 0.25) is 5.02 Å². The molecule has 1 aromatic heterocycles. The van der Waals surface area contributed by atoms with Crippen LogP contribution in [-0.4, -0.2) is 44.1 Å². The van der Waals surface area contributed by atoms with Gasteiger partial charge in [0.05, 0.1) is 10.6 Å². The Labute approximate surface area is 166 Å². The topological polar surface area (TPSA) is 101 Å². The van der Waals surface area contributed by atoms with E-state index in [9.17, 15) is 17.6 Å². The Bertz CT molecular complexity index is 1060. The Morgan fingerprint density at radius 1 is 1.43 bits per heavy atom. The second-order valence-corrected chi connectivity index (χ2v) is 9.02. The summed E-state index contributed by atoms with van der Waals surface area (Å²) in [6, 6.07) is 3.76. The van der Waals surface area contributed by atoms with E-state index in [-0.39, 0.29) is 33.7 Å². The minimum atomic E-state index is -3.88. The highest BCUT2D eigenvalue weighted by atomic mass is 35.5. The summed E-state index contributed by atoms with van der Waals surface area (Å²) in [5.41, 5.74) is -0.428. The second-order valence-electron chi connectivity index (χ2n) is 6.97. The van der Waals surface area contributed by atoms with Crippen LogP contribution < -0.4 is 20.1 Å². The Kier molecular flexibility index (Phi) is 4.61. The zero-order valence-corrected chi connectivity index (χ0v) is 16.5. The zero-order chi connectivity index (χ0) is 20.1. The van der Waals surface area contributed by atoms with Crippen molar-refractivity contribution in [3.8, 4) is 5.75 Å². The molecule has 28 heavy (non-hydrogen) atoms. The van der Waals surface area contributed by atoms with Gasteiger partial charge in [0, 0.05) is 25.5 Å². The number of hydrogen-bond acceptors (Lipinski definition) is 5. The number of carbonyl (C=O) groups is 1. The van der Waals surface area contributed by atoms with E-state index in [2.05, 4.69) is 15.4 Å². The summed E-state index contributed by atoms with van der Waals surface area (Å²) in [7, 11) is -2.33. The molecule has 1 fully saturated rings. The standard InChI is InChI=1S/C17H18ClFN4O4S/c1-23-7-13-15(27-9-17(4-5-20-8-17)22-28(13,25)26)14(23)16(24)21-10-2-3-12(19)11(18)6-10/h2-3,6-7,20,22H,4-5,8-9H2,1H3,(H,21,24)/t17-/m0/s1. The highest BCUT2D eigenvalue weighted by molar-refractivity contribution is 7.89. The lowest BCUT2D eigenvalue weighted by molar-refractivity contribution is 0.101. The van der Waals surface area contributed by atoms with Crippen LogP contribution in [0.3, 0.4) is 0 Å². The van der Waals surface area contributed by atoms with Crippen molar-refractivity contribution in [1.29, 1.82) is 0 Å². The number of anilines is 1. The molecule has 2 aliphatic heterocycles. The molecule has 8 nitrogen and oxygen atoms in total. The number of nitrogens with one attached hydrogen (secondary N) is 3. The van der Waals surface area contributed by atoms with Gasteiger partial charge in [-0.15, -0.1) is 0 Å². The van der Waals surface area contributed by atoms with Crippen LogP contribution >= 0.6 is 11.6 Å².